The van der Waals surface area contributed by atoms with Gasteiger partial charge in [0.1, 0.15) is 35.6 Å². The van der Waals surface area contributed by atoms with E-state index in [1.165, 1.54) is 13.8 Å². The molecule has 0 bridgehead atoms. The molecule has 0 amide bonds. The first kappa shape index (κ1) is 30.5. The molecule has 8 heteroatoms. The van der Waals surface area contributed by atoms with Crippen molar-refractivity contribution in [2.75, 3.05) is 0 Å². The summed E-state index contributed by atoms with van der Waals surface area (Å²) in [7, 11) is 0. The van der Waals surface area contributed by atoms with Crippen LogP contribution in [0.2, 0.25) is 0 Å². The van der Waals surface area contributed by atoms with Gasteiger partial charge in [0.25, 0.3) is 0 Å². The average Bonchev–Trinajstić information content (AvgIpc) is 2.32. The smallest absolute Gasteiger partial charge is 0.369 e. The van der Waals surface area contributed by atoms with E-state index in [4.69, 9.17) is 9.47 Å². The van der Waals surface area contributed by atoms with Crippen molar-refractivity contribution in [2.45, 2.75) is 99.4 Å². The van der Waals surface area contributed by atoms with E-state index in [1.54, 1.807) is 41.5 Å². The Morgan fingerprint density at radius 3 is 1.07 bits per heavy atom. The van der Waals surface area contributed by atoms with Crippen molar-refractivity contribution in [3.8, 4) is 0 Å². The van der Waals surface area contributed by atoms with E-state index in [0.29, 0.717) is 6.10 Å². The van der Waals surface area contributed by atoms with Crippen LogP contribution in [0.1, 0.15) is 82.1 Å². The highest BCUT2D eigenvalue weighted by Crippen LogP contribution is 2.08. The van der Waals surface area contributed by atoms with Gasteiger partial charge in [-0.15, -0.1) is 0 Å². The van der Waals surface area contributed by atoms with Crippen molar-refractivity contribution in [1.29, 1.82) is 0 Å². The Balaban J connectivity index is -0.000000344. The summed E-state index contributed by atoms with van der Waals surface area (Å²) in [5, 5.41) is 0. The van der Waals surface area contributed by atoms with Crippen molar-refractivity contribution in [3.63, 3.8) is 0 Å². The van der Waals surface area contributed by atoms with Crippen LogP contribution in [0.5, 0.6) is 0 Å². The first-order chi connectivity index (χ1) is 11.9. The van der Waals surface area contributed by atoms with Gasteiger partial charge in [-0.25, -0.2) is 0 Å². The molecule has 0 aromatic carbocycles. The Bertz CT molecular complexity index is 431. The van der Waals surface area contributed by atoms with E-state index in [1.807, 2.05) is 13.8 Å². The molecule has 0 aromatic rings. The second-order valence-corrected chi connectivity index (χ2v) is 8.39. The zero-order chi connectivity index (χ0) is 22.4. The molecule has 0 saturated heterocycles. The number of carbonyl (C=O) groups excluding carboxylic acids is 4. The summed E-state index contributed by atoms with van der Waals surface area (Å²) in [4.78, 5) is 42.5. The van der Waals surface area contributed by atoms with Gasteiger partial charge in [-0.05, 0) is 69.2 Å². The Hall–Kier alpha value is -1.23. The lowest BCUT2D eigenvalue weighted by molar-refractivity contribution is -0.157. The van der Waals surface area contributed by atoms with Crippen LogP contribution in [0.3, 0.4) is 0 Å². The highest BCUT2D eigenvalue weighted by molar-refractivity contribution is 5.98. The Kier molecular flexibility index (Phi) is 16.7. The molecular formula is C19H35AlO7. The molecular weight excluding hydrogens is 367 g/mol. The molecule has 7 nitrogen and oxygen atoms in total. The zero-order valence-corrected chi connectivity index (χ0v) is 19.6. The second kappa shape index (κ2) is 14.8. The monoisotopic (exact) mass is 402 g/mol. The molecule has 0 saturated carbocycles. The number of hydrogen-bond donors (Lipinski definition) is 0. The topological polar surface area (TPSA) is 96.0 Å². The summed E-state index contributed by atoms with van der Waals surface area (Å²) < 4.78 is 14.4. The fraction of sp³-hybridized carbons (Fsp3) is 0.789. The number of ketones is 2. The van der Waals surface area contributed by atoms with Crippen molar-refractivity contribution in [3.05, 3.63) is 0 Å². The third-order valence-corrected chi connectivity index (χ3v) is 2.44. The lowest BCUT2D eigenvalue weighted by Crippen LogP contribution is -2.24. The third kappa shape index (κ3) is 36.5. The average molecular weight is 402 g/mol. The summed E-state index contributed by atoms with van der Waals surface area (Å²) >= 11 is 2.19. The normalized spacial score (nSPS) is 10.6. The SMILES string of the molecule is CC(=O)CC(=O)OC(C)(C)C.CC(=O)CC(=O)OC(C)(C)C.CC(C)[O][Al]. The predicted molar refractivity (Wildman–Crippen MR) is 104 cm³/mol. The van der Waals surface area contributed by atoms with Gasteiger partial charge < -0.3 is 13.3 Å². The molecule has 0 unspecified atom stereocenters. The number of hydrogen-bond acceptors (Lipinski definition) is 7. The molecule has 27 heavy (non-hydrogen) atoms. The molecule has 0 rings (SSSR count). The van der Waals surface area contributed by atoms with Gasteiger partial charge in [-0.2, -0.15) is 0 Å². The van der Waals surface area contributed by atoms with E-state index < -0.39 is 23.1 Å². The van der Waals surface area contributed by atoms with Crippen LogP contribution in [0.25, 0.3) is 0 Å². The van der Waals surface area contributed by atoms with Crippen LogP contribution in [-0.2, 0) is 32.4 Å². The largest absolute Gasteiger partial charge is 0.514 e. The van der Waals surface area contributed by atoms with E-state index in [9.17, 15) is 19.2 Å². The van der Waals surface area contributed by atoms with Gasteiger partial charge in [0.05, 0.1) is 0 Å². The van der Waals surface area contributed by atoms with Gasteiger partial charge in [0.2, 0.25) is 0 Å². The maximum absolute atomic E-state index is 10.8. The third-order valence-electron chi connectivity index (χ3n) is 1.90. The molecule has 0 aliphatic heterocycles. The quantitative estimate of drug-likeness (QED) is 0.396. The molecule has 0 aliphatic rings. The first-order valence-corrected chi connectivity index (χ1v) is 9.14. The van der Waals surface area contributed by atoms with E-state index in [0.717, 1.165) is 0 Å². The summed E-state index contributed by atoms with van der Waals surface area (Å²) in [6, 6.07) is 0. The van der Waals surface area contributed by atoms with Crippen LogP contribution in [0.15, 0.2) is 0 Å². The van der Waals surface area contributed by atoms with Crippen molar-refractivity contribution in [2.24, 2.45) is 0 Å². The van der Waals surface area contributed by atoms with Crippen LogP contribution in [0, 0.1) is 0 Å². The van der Waals surface area contributed by atoms with Gasteiger partial charge in [-0.3, -0.25) is 19.2 Å². The molecule has 0 heterocycles. The number of ether oxygens (including phenoxy) is 2. The lowest BCUT2D eigenvalue weighted by atomic mass is 10.2. The van der Waals surface area contributed by atoms with Crippen LogP contribution in [0.4, 0.5) is 0 Å². The first-order valence-electron chi connectivity index (χ1n) is 8.67. The highest BCUT2D eigenvalue weighted by Gasteiger charge is 2.17. The Morgan fingerprint density at radius 1 is 0.741 bits per heavy atom. The van der Waals surface area contributed by atoms with E-state index in [2.05, 4.69) is 20.4 Å². The van der Waals surface area contributed by atoms with Crippen LogP contribution in [-0.4, -0.2) is 57.4 Å². The molecule has 2 radical (unpaired) electrons. The summed E-state index contributed by atoms with van der Waals surface area (Å²) in [5.74, 6) is -1.24. The second-order valence-electron chi connectivity index (χ2n) is 8.12. The van der Waals surface area contributed by atoms with Gasteiger partial charge in [0, 0.05) is 6.10 Å². The molecule has 0 fully saturated rings. The van der Waals surface area contributed by atoms with Gasteiger partial charge in [-0.1, -0.05) is 0 Å². The predicted octanol–water partition coefficient (Wildman–Crippen LogP) is 3.11. The fourth-order valence-corrected chi connectivity index (χ4v) is 1.16. The maximum atomic E-state index is 10.8. The molecule has 0 aliphatic carbocycles. The van der Waals surface area contributed by atoms with Crippen LogP contribution >= 0.6 is 0 Å². The van der Waals surface area contributed by atoms with Crippen molar-refractivity contribution in [1.82, 2.24) is 0 Å². The molecule has 0 atom stereocenters. The van der Waals surface area contributed by atoms with Gasteiger partial charge >= 0.3 is 28.6 Å². The zero-order valence-electron chi connectivity index (χ0n) is 18.4. The van der Waals surface area contributed by atoms with E-state index in [-0.39, 0.29) is 24.4 Å². The number of carbonyl (C=O) groups is 4. The summed E-state index contributed by atoms with van der Waals surface area (Å²) in [6.07, 6.45) is 0.0918. The number of esters is 2. The minimum Gasteiger partial charge on any atom is -0.514 e. The maximum Gasteiger partial charge on any atom is 0.369 e. The number of Topliss-reactive ketones (excluding diaryl/α,β-unsaturated/α-hetero) is 2. The Labute approximate surface area is 172 Å². The van der Waals surface area contributed by atoms with Gasteiger partial charge in [0.15, 0.2) is 0 Å². The highest BCUT2D eigenvalue weighted by atomic mass is 27.1. The van der Waals surface area contributed by atoms with Crippen molar-refractivity contribution >= 4 is 40.1 Å². The Morgan fingerprint density at radius 2 is 0.963 bits per heavy atom. The van der Waals surface area contributed by atoms with Crippen LogP contribution < -0.4 is 0 Å². The lowest BCUT2D eigenvalue weighted by Gasteiger charge is -2.18. The number of rotatable bonds is 5. The molecule has 156 valence electrons. The molecule has 0 aromatic heterocycles. The van der Waals surface area contributed by atoms with Crippen molar-refractivity contribution < 1.29 is 32.4 Å². The minimum absolute atomic E-state index is 0.128. The molecule has 0 N–H and O–H groups in total. The standard InChI is InChI=1S/2C8H14O3.C3H7O.Al/c2*1-6(9)5-7(10)11-8(2,3)4;1-3(2)4;/h2*5H2,1-4H3;3H,1-2H3;/q;;-1;+1. The summed E-state index contributed by atoms with van der Waals surface area (Å²) in [5.41, 5.74) is -0.987. The minimum atomic E-state index is -0.494. The van der Waals surface area contributed by atoms with E-state index >= 15 is 0 Å². The molecule has 0 spiro atoms. The fourth-order valence-electron chi connectivity index (χ4n) is 1.16. The summed E-state index contributed by atoms with van der Waals surface area (Å²) in [6.45, 7) is 17.3.